The number of aromatic nitrogens is 2. The summed E-state index contributed by atoms with van der Waals surface area (Å²) in [5.41, 5.74) is -0.596. The molecule has 0 radical (unpaired) electrons. The molecule has 1 aliphatic carbocycles. The summed E-state index contributed by atoms with van der Waals surface area (Å²) in [5, 5.41) is 13.1. The van der Waals surface area contributed by atoms with Crippen LogP contribution in [0, 0.1) is 0 Å². The average Bonchev–Trinajstić information content (AvgIpc) is 3.33. The van der Waals surface area contributed by atoms with Crippen LogP contribution in [0.4, 0.5) is 0 Å². The zero-order chi connectivity index (χ0) is 26.6. The Bertz CT molecular complexity index is 970. The molecule has 10 heteroatoms. The molecule has 1 aromatic carbocycles. The third-order valence-electron chi connectivity index (χ3n) is 5.65. The lowest BCUT2D eigenvalue weighted by molar-refractivity contribution is -0.129. The molecular weight excluding hydrogens is 462 g/mol. The van der Waals surface area contributed by atoms with Gasteiger partial charge >= 0.3 is 6.08 Å². The molecule has 1 aromatic heterocycles. The Morgan fingerprint density at radius 1 is 1.08 bits per heavy atom. The van der Waals surface area contributed by atoms with Crippen LogP contribution < -0.4 is 15.4 Å². The lowest BCUT2D eigenvalue weighted by Gasteiger charge is -2.37. The molecule has 2 aromatic rings. The van der Waals surface area contributed by atoms with Crippen molar-refractivity contribution in [2.24, 2.45) is 0 Å². The zero-order valence-corrected chi connectivity index (χ0v) is 22.0. The van der Waals surface area contributed by atoms with Gasteiger partial charge in [0.1, 0.15) is 12.1 Å². The Morgan fingerprint density at radius 3 is 2.33 bits per heavy atom. The highest BCUT2D eigenvalue weighted by molar-refractivity contribution is 6.02. The van der Waals surface area contributed by atoms with Crippen molar-refractivity contribution in [2.75, 3.05) is 27.2 Å². The fourth-order valence-electron chi connectivity index (χ4n) is 3.71. The molecule has 1 aliphatic rings. The lowest BCUT2D eigenvalue weighted by atomic mass is 9.80. The summed E-state index contributed by atoms with van der Waals surface area (Å²) in [6, 6.07) is 7.84. The lowest BCUT2D eigenvalue weighted by Crippen LogP contribution is -2.61. The molecule has 2 N–H and O–H groups in total. The van der Waals surface area contributed by atoms with Crippen molar-refractivity contribution in [2.45, 2.75) is 70.9 Å². The minimum atomic E-state index is -1.07. The van der Waals surface area contributed by atoms with E-state index in [1.807, 2.05) is 25.1 Å². The van der Waals surface area contributed by atoms with Gasteiger partial charge in [0.15, 0.2) is 0 Å². The van der Waals surface area contributed by atoms with Gasteiger partial charge in [0.25, 0.3) is 11.8 Å². The van der Waals surface area contributed by atoms with Crippen molar-refractivity contribution in [3.05, 3.63) is 41.8 Å². The Kier molecular flexibility index (Phi) is 11.5. The Hall–Kier alpha value is -3.27. The maximum Gasteiger partial charge on any atom is 0.415 e. The van der Waals surface area contributed by atoms with Crippen LogP contribution in [0.25, 0.3) is 0 Å². The number of carbonyl (C=O) groups excluding carboxylic acids is 3. The van der Waals surface area contributed by atoms with Gasteiger partial charge in [-0.1, -0.05) is 62.8 Å². The molecule has 198 valence electrons. The summed E-state index contributed by atoms with van der Waals surface area (Å²) in [6.07, 6.45) is 4.76. The zero-order valence-electron chi connectivity index (χ0n) is 22.0. The van der Waals surface area contributed by atoms with E-state index >= 15 is 0 Å². The number of hydrogen-bond donors (Lipinski definition) is 2. The molecule has 1 fully saturated rings. The number of ketones is 1. The van der Waals surface area contributed by atoms with E-state index < -0.39 is 23.3 Å². The number of hydrogen-bond acceptors (Lipinski definition) is 8. The van der Waals surface area contributed by atoms with Gasteiger partial charge in [-0.25, -0.2) is 0 Å². The van der Waals surface area contributed by atoms with Gasteiger partial charge in [0.05, 0.1) is 6.04 Å². The minimum Gasteiger partial charge on any atom is -0.448 e. The molecule has 2 amide bonds. The number of benzene rings is 1. The summed E-state index contributed by atoms with van der Waals surface area (Å²) in [7, 11) is 3.80. The molecule has 36 heavy (non-hydrogen) atoms. The van der Waals surface area contributed by atoms with E-state index in [2.05, 4.69) is 34.7 Å². The van der Waals surface area contributed by atoms with Crippen LogP contribution in [0.15, 0.2) is 34.7 Å². The fraction of sp³-hybridized carbons (Fsp3) is 0.577. The normalized spacial score (nSPS) is 15.3. The summed E-state index contributed by atoms with van der Waals surface area (Å²) >= 11 is 0. The predicted molar refractivity (Wildman–Crippen MR) is 136 cm³/mol. The molecule has 0 bridgehead atoms. The van der Waals surface area contributed by atoms with Gasteiger partial charge in [-0.05, 0) is 46.0 Å². The SMILES string of the molecule is CC(NC(=O)C1(NC(=O)c2ccccc2)CCCCC1)C(=O)c1nnc(OCCN(C)C)o1.CCC. The van der Waals surface area contributed by atoms with Gasteiger partial charge in [-0.15, -0.1) is 5.10 Å². The van der Waals surface area contributed by atoms with Crippen LogP contribution in [0.5, 0.6) is 6.08 Å². The van der Waals surface area contributed by atoms with Gasteiger partial charge < -0.3 is 24.7 Å². The van der Waals surface area contributed by atoms with Crippen molar-refractivity contribution in [1.82, 2.24) is 25.7 Å². The first-order chi connectivity index (χ1) is 17.2. The van der Waals surface area contributed by atoms with Gasteiger partial charge in [-0.3, -0.25) is 14.4 Å². The van der Waals surface area contributed by atoms with Gasteiger partial charge in [-0.2, -0.15) is 0 Å². The third-order valence-corrected chi connectivity index (χ3v) is 5.65. The Morgan fingerprint density at radius 2 is 1.72 bits per heavy atom. The number of carbonyl (C=O) groups is 3. The first-order valence-electron chi connectivity index (χ1n) is 12.6. The molecule has 0 spiro atoms. The number of amides is 2. The Balaban J connectivity index is 0.00000145. The number of nitrogens with zero attached hydrogens (tertiary/aromatic N) is 3. The monoisotopic (exact) mass is 501 g/mol. The van der Waals surface area contributed by atoms with Crippen molar-refractivity contribution in [1.29, 1.82) is 0 Å². The highest BCUT2D eigenvalue weighted by atomic mass is 16.6. The summed E-state index contributed by atoms with van der Waals surface area (Å²) in [6.45, 7) is 6.78. The van der Waals surface area contributed by atoms with E-state index in [-0.39, 0.29) is 17.9 Å². The first-order valence-corrected chi connectivity index (χ1v) is 12.6. The smallest absolute Gasteiger partial charge is 0.415 e. The molecule has 0 saturated heterocycles. The van der Waals surface area contributed by atoms with Crippen molar-refractivity contribution < 1.29 is 23.5 Å². The van der Waals surface area contributed by atoms with Crippen LogP contribution in [-0.2, 0) is 4.79 Å². The van der Waals surface area contributed by atoms with Crippen molar-refractivity contribution in [3.8, 4) is 6.08 Å². The molecule has 1 atom stereocenters. The maximum absolute atomic E-state index is 13.3. The molecular formula is C26H39N5O5. The van der Waals surface area contributed by atoms with Crippen LogP contribution in [0.3, 0.4) is 0 Å². The predicted octanol–water partition coefficient (Wildman–Crippen LogP) is 3.25. The standard InChI is InChI=1S/C23H31N5O5.C3H8/c1-16(18(29)20-26-27-22(33-20)32-15-14-28(2)3)24-21(31)23(12-8-5-9-13-23)25-19(30)17-10-6-4-7-11-17;1-3-2/h4,6-7,10-11,16H,5,8-9,12-15H2,1-3H3,(H,24,31)(H,25,30);3H2,1-2H3. The van der Waals surface area contributed by atoms with Crippen LogP contribution in [0.1, 0.15) is 80.3 Å². The summed E-state index contributed by atoms with van der Waals surface area (Å²) < 4.78 is 10.6. The topological polar surface area (TPSA) is 127 Å². The minimum absolute atomic E-state index is 0.0994. The summed E-state index contributed by atoms with van der Waals surface area (Å²) in [4.78, 5) is 40.7. The average molecular weight is 502 g/mol. The third kappa shape index (κ3) is 8.44. The van der Waals surface area contributed by atoms with E-state index in [1.54, 1.807) is 31.2 Å². The van der Waals surface area contributed by atoms with E-state index in [0.717, 1.165) is 19.3 Å². The number of ether oxygens (including phenoxy) is 1. The van der Waals surface area contributed by atoms with Gasteiger partial charge in [0, 0.05) is 12.1 Å². The maximum atomic E-state index is 13.3. The molecule has 1 unspecified atom stereocenters. The first kappa shape index (κ1) is 29.0. The molecule has 1 heterocycles. The van der Waals surface area contributed by atoms with E-state index in [9.17, 15) is 14.4 Å². The van der Waals surface area contributed by atoms with Crippen molar-refractivity contribution in [3.63, 3.8) is 0 Å². The van der Waals surface area contributed by atoms with E-state index in [4.69, 9.17) is 9.15 Å². The molecule has 1 saturated carbocycles. The number of Topliss-reactive ketones (excluding diaryl/α,β-unsaturated/α-hetero) is 1. The second-order valence-corrected chi connectivity index (χ2v) is 9.25. The van der Waals surface area contributed by atoms with E-state index in [1.165, 1.54) is 6.42 Å². The van der Waals surface area contributed by atoms with Crippen molar-refractivity contribution >= 4 is 17.6 Å². The molecule has 3 rings (SSSR count). The highest BCUT2D eigenvalue weighted by Crippen LogP contribution is 2.29. The second-order valence-electron chi connectivity index (χ2n) is 9.25. The Labute approximate surface area is 213 Å². The number of rotatable bonds is 10. The van der Waals surface area contributed by atoms with Crippen LogP contribution >= 0.6 is 0 Å². The number of likely N-dealkylation sites (N-methyl/N-ethyl adjacent to an activating group) is 1. The van der Waals surface area contributed by atoms with E-state index in [0.29, 0.717) is 31.6 Å². The highest BCUT2D eigenvalue weighted by Gasteiger charge is 2.42. The fourth-order valence-corrected chi connectivity index (χ4v) is 3.71. The largest absolute Gasteiger partial charge is 0.448 e. The van der Waals surface area contributed by atoms with Gasteiger partial charge in [0.2, 0.25) is 11.7 Å². The summed E-state index contributed by atoms with van der Waals surface area (Å²) in [5.74, 6) is -1.48. The second kappa shape index (κ2) is 14.3. The quantitative estimate of drug-likeness (QED) is 0.475. The van der Waals surface area contributed by atoms with Crippen LogP contribution in [0.2, 0.25) is 0 Å². The number of nitrogens with one attached hydrogen (secondary N) is 2. The van der Waals surface area contributed by atoms with Crippen LogP contribution in [-0.4, -0.2) is 71.5 Å². The molecule has 0 aliphatic heterocycles. The molecule has 10 nitrogen and oxygen atoms in total.